The minimum atomic E-state index is -3.82. The van der Waals surface area contributed by atoms with E-state index in [0.29, 0.717) is 16.8 Å². The van der Waals surface area contributed by atoms with E-state index in [9.17, 15) is 13.2 Å². The average molecular weight is 376 g/mol. The summed E-state index contributed by atoms with van der Waals surface area (Å²) >= 11 is 0. The number of benzene rings is 2. The minimum absolute atomic E-state index is 0.157. The van der Waals surface area contributed by atoms with Crippen molar-refractivity contribution in [1.29, 1.82) is 0 Å². The predicted molar refractivity (Wildman–Crippen MR) is 101 cm³/mol. The van der Waals surface area contributed by atoms with E-state index < -0.39 is 10.2 Å². The lowest BCUT2D eigenvalue weighted by atomic mass is 10.2. The van der Waals surface area contributed by atoms with Gasteiger partial charge in [0.1, 0.15) is 5.75 Å². The van der Waals surface area contributed by atoms with Gasteiger partial charge in [-0.05, 0) is 11.6 Å². The van der Waals surface area contributed by atoms with Crippen molar-refractivity contribution >= 4 is 26.9 Å². The Hall–Kier alpha value is -2.78. The summed E-state index contributed by atoms with van der Waals surface area (Å²) in [6.45, 7) is 0.157. The molecule has 138 valence electrons. The Morgan fingerprint density at radius 1 is 1.04 bits per heavy atom. The van der Waals surface area contributed by atoms with Gasteiger partial charge in [0, 0.05) is 26.7 Å². The van der Waals surface area contributed by atoms with Crippen molar-refractivity contribution in [3.05, 3.63) is 58.5 Å². The molecule has 2 N–H and O–H groups in total. The van der Waals surface area contributed by atoms with E-state index in [4.69, 9.17) is 4.74 Å². The van der Waals surface area contributed by atoms with Crippen LogP contribution in [0.5, 0.6) is 5.75 Å². The first-order valence-corrected chi connectivity index (χ1v) is 9.35. The van der Waals surface area contributed by atoms with Crippen molar-refractivity contribution in [2.75, 3.05) is 11.8 Å². The molecule has 0 amide bonds. The van der Waals surface area contributed by atoms with Crippen LogP contribution in [0.25, 0.3) is 11.0 Å². The molecule has 26 heavy (non-hydrogen) atoms. The Morgan fingerprint density at radius 3 is 2.27 bits per heavy atom. The molecule has 0 aliphatic carbocycles. The Balaban J connectivity index is 1.91. The first kappa shape index (κ1) is 18.0. The van der Waals surface area contributed by atoms with Crippen molar-refractivity contribution in [2.45, 2.75) is 6.54 Å². The third-order valence-electron chi connectivity index (χ3n) is 4.15. The van der Waals surface area contributed by atoms with Crippen LogP contribution < -0.4 is 19.9 Å². The molecule has 3 aromatic rings. The van der Waals surface area contributed by atoms with E-state index in [1.165, 1.54) is 16.2 Å². The molecule has 0 atom stereocenters. The fraction of sp³-hybridized carbons (Fsp3) is 0.235. The molecule has 8 nitrogen and oxygen atoms in total. The molecule has 0 unspecified atom stereocenters. The molecule has 0 radical (unpaired) electrons. The molecule has 0 bridgehead atoms. The second-order valence-electron chi connectivity index (χ2n) is 5.85. The van der Waals surface area contributed by atoms with E-state index in [0.717, 1.165) is 5.56 Å². The summed E-state index contributed by atoms with van der Waals surface area (Å²) < 4.78 is 37.9. The standard InChI is InChI=1S/C17H20N4O4S/c1-20-14-9-13(16(25-3)10-15(14)21(2)17(20)22)19-26(23,24)18-11-12-7-5-4-6-8-12/h4-10,18-19H,11H2,1-3H3. The number of hydrogen-bond acceptors (Lipinski definition) is 4. The van der Waals surface area contributed by atoms with Gasteiger partial charge in [0.25, 0.3) is 10.2 Å². The van der Waals surface area contributed by atoms with E-state index >= 15 is 0 Å². The summed E-state index contributed by atoms with van der Waals surface area (Å²) in [7, 11) is 0.894. The van der Waals surface area contributed by atoms with Gasteiger partial charge >= 0.3 is 5.69 Å². The molecule has 1 heterocycles. The zero-order chi connectivity index (χ0) is 18.9. The monoisotopic (exact) mass is 376 g/mol. The second kappa shape index (κ2) is 6.85. The number of ether oxygens (including phenoxy) is 1. The fourth-order valence-electron chi connectivity index (χ4n) is 2.73. The highest BCUT2D eigenvalue weighted by Gasteiger charge is 2.17. The number of nitrogens with one attached hydrogen (secondary N) is 2. The van der Waals surface area contributed by atoms with Crippen molar-refractivity contribution in [1.82, 2.24) is 13.9 Å². The number of rotatable bonds is 6. The highest BCUT2D eigenvalue weighted by Crippen LogP contribution is 2.30. The van der Waals surface area contributed by atoms with Crippen LogP contribution in [0.2, 0.25) is 0 Å². The molecule has 0 saturated carbocycles. The lowest BCUT2D eigenvalue weighted by Gasteiger charge is -2.13. The van der Waals surface area contributed by atoms with Crippen molar-refractivity contribution in [3.8, 4) is 5.75 Å². The number of nitrogens with zero attached hydrogens (tertiary/aromatic N) is 2. The molecule has 3 rings (SSSR count). The molecule has 0 spiro atoms. The van der Waals surface area contributed by atoms with Crippen LogP contribution >= 0.6 is 0 Å². The van der Waals surface area contributed by atoms with Crippen molar-refractivity contribution < 1.29 is 13.2 Å². The highest BCUT2D eigenvalue weighted by molar-refractivity contribution is 7.90. The maximum Gasteiger partial charge on any atom is 0.328 e. The normalized spacial score (nSPS) is 11.7. The van der Waals surface area contributed by atoms with Crippen LogP contribution in [0.1, 0.15) is 5.56 Å². The molecule has 9 heteroatoms. The summed E-state index contributed by atoms with van der Waals surface area (Å²) in [5.41, 5.74) is 2.13. The minimum Gasteiger partial charge on any atom is -0.494 e. The summed E-state index contributed by atoms with van der Waals surface area (Å²) in [6, 6.07) is 12.4. The summed E-state index contributed by atoms with van der Waals surface area (Å²) in [5, 5.41) is 0. The molecule has 0 aliphatic rings. The molecule has 0 saturated heterocycles. The number of anilines is 1. The maximum absolute atomic E-state index is 12.4. The van der Waals surface area contributed by atoms with E-state index in [1.54, 1.807) is 26.2 Å². The topological polar surface area (TPSA) is 94.4 Å². The zero-order valence-electron chi connectivity index (χ0n) is 14.7. The van der Waals surface area contributed by atoms with Crippen molar-refractivity contribution in [3.63, 3.8) is 0 Å². The second-order valence-corrected chi connectivity index (χ2v) is 7.35. The molecule has 0 aliphatic heterocycles. The molecule has 0 fully saturated rings. The lowest BCUT2D eigenvalue weighted by Crippen LogP contribution is -2.29. The summed E-state index contributed by atoms with van der Waals surface area (Å²) in [5.74, 6) is 0.323. The summed E-state index contributed by atoms with van der Waals surface area (Å²) in [4.78, 5) is 12.1. The molecular weight excluding hydrogens is 356 g/mol. The Morgan fingerprint density at radius 2 is 1.65 bits per heavy atom. The van der Waals surface area contributed by atoms with E-state index in [2.05, 4.69) is 9.44 Å². The highest BCUT2D eigenvalue weighted by atomic mass is 32.2. The lowest BCUT2D eigenvalue weighted by molar-refractivity contribution is 0.417. The number of imidazole rings is 1. The Labute approximate surface area is 151 Å². The van der Waals surface area contributed by atoms with Crippen LogP contribution in [0, 0.1) is 0 Å². The third kappa shape index (κ3) is 3.44. The Bertz CT molecular complexity index is 1100. The van der Waals surface area contributed by atoms with Crippen molar-refractivity contribution in [2.24, 2.45) is 14.1 Å². The van der Waals surface area contributed by atoms with Gasteiger partial charge in [0.15, 0.2) is 0 Å². The van der Waals surface area contributed by atoms with Crippen LogP contribution in [0.4, 0.5) is 5.69 Å². The summed E-state index contributed by atoms with van der Waals surface area (Å²) in [6.07, 6.45) is 0. The quantitative estimate of drug-likeness (QED) is 0.679. The van der Waals surface area contributed by atoms with E-state index in [-0.39, 0.29) is 17.9 Å². The van der Waals surface area contributed by atoms with E-state index in [1.807, 2.05) is 30.3 Å². The van der Waals surface area contributed by atoms with Crippen LogP contribution in [-0.4, -0.2) is 24.7 Å². The van der Waals surface area contributed by atoms with Gasteiger partial charge in [-0.3, -0.25) is 13.9 Å². The van der Waals surface area contributed by atoms with Gasteiger partial charge in [-0.2, -0.15) is 13.1 Å². The molecular formula is C17H20N4O4S. The Kier molecular flexibility index (Phi) is 4.75. The fourth-order valence-corrected chi connectivity index (χ4v) is 3.61. The average Bonchev–Trinajstić information content (AvgIpc) is 2.84. The first-order chi connectivity index (χ1) is 12.3. The number of aryl methyl sites for hydroxylation is 2. The first-order valence-electron chi connectivity index (χ1n) is 7.87. The zero-order valence-corrected chi connectivity index (χ0v) is 15.5. The van der Waals surface area contributed by atoms with Gasteiger partial charge in [0.2, 0.25) is 0 Å². The SMILES string of the molecule is COc1cc2c(cc1NS(=O)(=O)NCc1ccccc1)n(C)c(=O)n2C. The molecule has 1 aromatic heterocycles. The predicted octanol–water partition coefficient (Wildman–Crippen LogP) is 1.33. The van der Waals surface area contributed by atoms with Gasteiger partial charge < -0.3 is 4.74 Å². The largest absolute Gasteiger partial charge is 0.494 e. The smallest absolute Gasteiger partial charge is 0.328 e. The number of hydrogen-bond donors (Lipinski definition) is 2. The third-order valence-corrected chi connectivity index (χ3v) is 5.16. The van der Waals surface area contributed by atoms with Gasteiger partial charge in [-0.15, -0.1) is 0 Å². The maximum atomic E-state index is 12.4. The van der Waals surface area contributed by atoms with Gasteiger partial charge in [-0.1, -0.05) is 30.3 Å². The number of fused-ring (bicyclic) bond motifs is 1. The van der Waals surface area contributed by atoms with Gasteiger partial charge in [0.05, 0.1) is 23.8 Å². The molecule has 2 aromatic carbocycles. The van der Waals surface area contributed by atoms with Crippen LogP contribution in [0.3, 0.4) is 0 Å². The van der Waals surface area contributed by atoms with Crippen LogP contribution in [-0.2, 0) is 30.8 Å². The number of aromatic nitrogens is 2. The number of methoxy groups -OCH3 is 1. The van der Waals surface area contributed by atoms with Crippen LogP contribution in [0.15, 0.2) is 47.3 Å². The van der Waals surface area contributed by atoms with Gasteiger partial charge in [-0.25, -0.2) is 4.79 Å².